The third-order valence-corrected chi connectivity index (χ3v) is 8.87. The molecule has 7 amide bonds. The summed E-state index contributed by atoms with van der Waals surface area (Å²) in [5.74, 6) is -4.83. The van der Waals surface area contributed by atoms with Crippen LogP contribution in [0.4, 0.5) is 15.3 Å². The molecular weight excluding hydrogens is 855 g/mol. The average Bonchev–Trinajstić information content (AvgIpc) is 3.24. The molecular formula is C43H71N7O15. The van der Waals surface area contributed by atoms with Crippen molar-refractivity contribution < 1.29 is 71.9 Å². The van der Waals surface area contributed by atoms with E-state index in [1.165, 1.54) is 0 Å². The van der Waals surface area contributed by atoms with Gasteiger partial charge in [0, 0.05) is 31.6 Å². The van der Waals surface area contributed by atoms with Gasteiger partial charge in [-0.1, -0.05) is 53.7 Å². The molecule has 22 nitrogen and oxygen atoms in total. The van der Waals surface area contributed by atoms with Gasteiger partial charge in [-0.15, -0.1) is 0 Å². The molecule has 0 radical (unpaired) electrons. The molecule has 0 aliphatic carbocycles. The van der Waals surface area contributed by atoms with Gasteiger partial charge in [-0.25, -0.2) is 9.59 Å². The van der Waals surface area contributed by atoms with Gasteiger partial charge in [0.2, 0.25) is 23.6 Å². The number of carboxylic acids is 1. The first-order valence-electron chi connectivity index (χ1n) is 21.8. The van der Waals surface area contributed by atoms with Crippen molar-refractivity contribution >= 4 is 53.4 Å². The number of rotatable bonds is 35. The zero-order valence-electron chi connectivity index (χ0n) is 38.5. The number of esters is 1. The number of nitrogens with one attached hydrogen (secondary N) is 6. The first-order chi connectivity index (χ1) is 30.9. The highest BCUT2D eigenvalue weighted by molar-refractivity contribution is 5.99. The van der Waals surface area contributed by atoms with E-state index in [1.54, 1.807) is 52.0 Å². The fraction of sp³-hybridized carbons (Fsp3) is 0.674. The van der Waals surface area contributed by atoms with Crippen LogP contribution in [-0.2, 0) is 63.8 Å². The molecule has 9 N–H and O–H groups in total. The first-order valence-corrected chi connectivity index (χ1v) is 21.8. The number of carboxylic acid groups (broad SMARTS) is 1. The minimum Gasteiger partial charge on any atom is -0.481 e. The minimum absolute atomic E-state index is 0.0199. The standard InChI is InChI=1S/C43H71N7O15/c1-28(2)26-65-43(59)46-17-19-61-21-23-63-25-24-62-22-20-60-18-15-35(51)48-34(13-14-36(52)53)39(55)50-37(29(3)4)40(56)49-33(8-7-16-45-42(44)58)38(54)47-32-11-9-31(10-12-32)27-64-41(57)30(5)6/h9-12,28-30,33-34,37H,7-8,13-27H2,1-6H3,(H,46,59)(H,47,54)(H,48,51)(H,49,56)(H,50,55)(H,52,53)(H3,44,45,58)/t33-,34+,37-/m0/s1. The van der Waals surface area contributed by atoms with Crippen LogP contribution in [0.25, 0.3) is 0 Å². The topological polar surface area (TPSA) is 310 Å². The second-order valence-electron chi connectivity index (χ2n) is 15.8. The molecule has 0 fully saturated rings. The van der Waals surface area contributed by atoms with Crippen molar-refractivity contribution in [1.29, 1.82) is 0 Å². The third kappa shape index (κ3) is 28.8. The quantitative estimate of drug-likeness (QED) is 0.0354. The number of ether oxygens (including phenoxy) is 6. The Bertz CT molecular complexity index is 1610. The van der Waals surface area contributed by atoms with Gasteiger partial charge in [0.05, 0.1) is 65.4 Å². The molecule has 0 aliphatic heterocycles. The number of alkyl carbamates (subject to hydrolysis) is 1. The van der Waals surface area contributed by atoms with Crippen LogP contribution < -0.4 is 37.6 Å². The number of carbonyl (C=O) groups is 8. The molecule has 3 atom stereocenters. The summed E-state index contributed by atoms with van der Waals surface area (Å²) in [6.45, 7) is 13.4. The Kier molecular flexibility index (Phi) is 29.9. The monoisotopic (exact) mass is 926 g/mol. The number of aliphatic carboxylic acids is 1. The summed E-state index contributed by atoms with van der Waals surface area (Å²) in [5.41, 5.74) is 6.24. The number of amides is 7. The lowest BCUT2D eigenvalue weighted by atomic mass is 10.0. The number of anilines is 1. The Morgan fingerprint density at radius 2 is 1.22 bits per heavy atom. The molecule has 65 heavy (non-hydrogen) atoms. The van der Waals surface area contributed by atoms with Crippen LogP contribution in [0, 0.1) is 17.8 Å². The summed E-state index contributed by atoms with van der Waals surface area (Å²) in [6.07, 6.45) is -1.06. The lowest BCUT2D eigenvalue weighted by molar-refractivity contribution is -0.148. The molecule has 0 aromatic heterocycles. The predicted molar refractivity (Wildman–Crippen MR) is 236 cm³/mol. The van der Waals surface area contributed by atoms with Crippen molar-refractivity contribution in [3.63, 3.8) is 0 Å². The van der Waals surface area contributed by atoms with Crippen LogP contribution in [-0.4, -0.2) is 143 Å². The zero-order valence-corrected chi connectivity index (χ0v) is 38.5. The van der Waals surface area contributed by atoms with Gasteiger partial charge in [0.1, 0.15) is 24.7 Å². The summed E-state index contributed by atoms with van der Waals surface area (Å²) >= 11 is 0. The Labute approximate surface area is 380 Å². The normalized spacial score (nSPS) is 12.4. The third-order valence-electron chi connectivity index (χ3n) is 8.87. The molecule has 1 rings (SSSR count). The summed E-state index contributed by atoms with van der Waals surface area (Å²) in [6, 6.07) is 2.12. The largest absolute Gasteiger partial charge is 0.481 e. The molecule has 1 aromatic carbocycles. The fourth-order valence-electron chi connectivity index (χ4n) is 5.32. The van der Waals surface area contributed by atoms with E-state index >= 15 is 0 Å². The highest BCUT2D eigenvalue weighted by Crippen LogP contribution is 2.14. The number of nitrogens with two attached hydrogens (primary N) is 1. The van der Waals surface area contributed by atoms with E-state index in [1.807, 2.05) is 13.8 Å². The Morgan fingerprint density at radius 3 is 1.77 bits per heavy atom. The molecule has 0 unspecified atom stereocenters. The maximum atomic E-state index is 13.7. The van der Waals surface area contributed by atoms with E-state index in [0.29, 0.717) is 57.4 Å². The number of hydrogen-bond donors (Lipinski definition) is 8. The number of benzene rings is 1. The van der Waals surface area contributed by atoms with E-state index in [-0.39, 0.29) is 76.5 Å². The summed E-state index contributed by atoms with van der Waals surface area (Å²) < 4.78 is 32.0. The molecule has 0 bridgehead atoms. The second-order valence-corrected chi connectivity index (χ2v) is 15.8. The maximum Gasteiger partial charge on any atom is 0.407 e. The van der Waals surface area contributed by atoms with E-state index in [4.69, 9.17) is 34.2 Å². The Morgan fingerprint density at radius 1 is 0.631 bits per heavy atom. The second kappa shape index (κ2) is 33.9. The van der Waals surface area contributed by atoms with Crippen LogP contribution in [0.3, 0.4) is 0 Å². The highest BCUT2D eigenvalue weighted by atomic mass is 16.6. The predicted octanol–water partition coefficient (Wildman–Crippen LogP) is 1.59. The number of urea groups is 1. The highest BCUT2D eigenvalue weighted by Gasteiger charge is 2.32. The number of primary amides is 1. The van der Waals surface area contributed by atoms with Crippen molar-refractivity contribution in [2.45, 2.75) is 98.4 Å². The van der Waals surface area contributed by atoms with Crippen LogP contribution in [0.2, 0.25) is 0 Å². The van der Waals surface area contributed by atoms with Crippen molar-refractivity contribution in [3.8, 4) is 0 Å². The van der Waals surface area contributed by atoms with Gasteiger partial charge in [-0.3, -0.25) is 28.8 Å². The average molecular weight is 926 g/mol. The van der Waals surface area contributed by atoms with Gasteiger partial charge in [0.25, 0.3) is 0 Å². The molecule has 22 heteroatoms. The van der Waals surface area contributed by atoms with E-state index in [2.05, 4.69) is 31.9 Å². The number of carbonyl (C=O) groups excluding carboxylic acids is 7. The van der Waals surface area contributed by atoms with Gasteiger partial charge < -0.3 is 71.2 Å². The molecule has 0 saturated carbocycles. The van der Waals surface area contributed by atoms with Crippen LogP contribution >= 0.6 is 0 Å². The fourth-order valence-corrected chi connectivity index (χ4v) is 5.32. The van der Waals surface area contributed by atoms with Crippen molar-refractivity contribution in [2.24, 2.45) is 23.5 Å². The molecule has 368 valence electrons. The Hall–Kier alpha value is -5.58. The summed E-state index contributed by atoms with van der Waals surface area (Å²) in [5, 5.41) is 24.9. The van der Waals surface area contributed by atoms with Gasteiger partial charge in [-0.2, -0.15) is 0 Å². The van der Waals surface area contributed by atoms with Gasteiger partial charge >= 0.3 is 24.1 Å². The van der Waals surface area contributed by atoms with Gasteiger partial charge in [0.15, 0.2) is 0 Å². The van der Waals surface area contributed by atoms with Crippen LogP contribution in [0.1, 0.15) is 79.2 Å². The van der Waals surface area contributed by atoms with Gasteiger partial charge in [-0.05, 0) is 48.8 Å². The molecule has 0 spiro atoms. The number of hydrogen-bond acceptors (Lipinski definition) is 14. The molecule has 0 heterocycles. The first kappa shape index (κ1) is 57.4. The molecule has 0 saturated heterocycles. The van der Waals surface area contributed by atoms with E-state index in [0.717, 1.165) is 0 Å². The molecule has 1 aromatic rings. The lowest BCUT2D eigenvalue weighted by Gasteiger charge is -2.27. The lowest BCUT2D eigenvalue weighted by Crippen LogP contribution is -2.58. The van der Waals surface area contributed by atoms with E-state index < -0.39 is 72.2 Å². The van der Waals surface area contributed by atoms with Crippen molar-refractivity contribution in [1.82, 2.24) is 26.6 Å². The summed E-state index contributed by atoms with van der Waals surface area (Å²) in [4.78, 5) is 99.5. The van der Waals surface area contributed by atoms with Crippen LogP contribution in [0.5, 0.6) is 0 Å². The summed E-state index contributed by atoms with van der Waals surface area (Å²) in [7, 11) is 0. The molecule has 0 aliphatic rings. The maximum absolute atomic E-state index is 13.7. The SMILES string of the molecule is CC(C)COC(=O)NCCOCCOCCOCCOCCC(=O)N[C@H](CCC(=O)O)C(=O)N[C@H](C(=O)N[C@@H](CCCNC(N)=O)C(=O)Nc1ccc(COC(=O)C(C)C)cc1)C(C)C. The zero-order chi connectivity index (χ0) is 48.6. The van der Waals surface area contributed by atoms with Crippen molar-refractivity contribution in [3.05, 3.63) is 29.8 Å². The van der Waals surface area contributed by atoms with E-state index in [9.17, 15) is 43.5 Å². The smallest absolute Gasteiger partial charge is 0.407 e. The Balaban J connectivity index is 2.65. The minimum atomic E-state index is -1.31. The van der Waals surface area contributed by atoms with Crippen LogP contribution in [0.15, 0.2) is 24.3 Å². The van der Waals surface area contributed by atoms with Crippen molar-refractivity contribution in [2.75, 3.05) is 77.9 Å².